The summed E-state index contributed by atoms with van der Waals surface area (Å²) in [5.41, 5.74) is 1.77. The van der Waals surface area contributed by atoms with Gasteiger partial charge in [-0.3, -0.25) is 14.7 Å². The lowest BCUT2D eigenvalue weighted by atomic mass is 10.2. The number of nitro groups is 1. The number of nitro benzene ring substituents is 1. The number of thioether (sulfide) groups is 1. The summed E-state index contributed by atoms with van der Waals surface area (Å²) in [6, 6.07) is 16.5. The van der Waals surface area contributed by atoms with E-state index in [9.17, 15) is 10.1 Å². The van der Waals surface area contributed by atoms with Gasteiger partial charge >= 0.3 is 0 Å². The van der Waals surface area contributed by atoms with Gasteiger partial charge in [-0.05, 0) is 36.7 Å². The molecule has 148 valence electrons. The molecule has 1 saturated carbocycles. The summed E-state index contributed by atoms with van der Waals surface area (Å²) in [5, 5.41) is 19.5. The summed E-state index contributed by atoms with van der Waals surface area (Å²) in [7, 11) is 0. The van der Waals surface area contributed by atoms with Crippen molar-refractivity contribution in [3.8, 4) is 11.4 Å². The Morgan fingerprint density at radius 1 is 1.03 bits per heavy atom. The molecule has 2 fully saturated rings. The highest BCUT2D eigenvalue weighted by atomic mass is 32.2. The van der Waals surface area contributed by atoms with Crippen LogP contribution in [0.25, 0.3) is 11.4 Å². The van der Waals surface area contributed by atoms with Gasteiger partial charge in [-0.1, -0.05) is 30.3 Å². The van der Waals surface area contributed by atoms with Crippen molar-refractivity contribution in [2.24, 2.45) is 0 Å². The second-order valence-electron chi connectivity index (χ2n) is 6.93. The Morgan fingerprint density at radius 3 is 2.34 bits per heavy atom. The zero-order chi connectivity index (χ0) is 19.8. The lowest BCUT2D eigenvalue weighted by Gasteiger charge is -2.26. The molecule has 0 amide bonds. The number of aromatic nitrogens is 3. The van der Waals surface area contributed by atoms with Crippen LogP contribution in [-0.2, 0) is 14.6 Å². The van der Waals surface area contributed by atoms with Crippen molar-refractivity contribution >= 4 is 17.4 Å². The third-order valence-electron chi connectivity index (χ3n) is 4.93. The molecule has 0 unspecified atom stereocenters. The third kappa shape index (κ3) is 3.41. The van der Waals surface area contributed by atoms with E-state index in [1.165, 1.54) is 23.9 Å². The number of non-ortho nitro benzene ring substituents is 1. The minimum Gasteiger partial charge on any atom is -0.335 e. The molecular formula is C20H18N4O4S. The maximum absolute atomic E-state index is 10.9. The van der Waals surface area contributed by atoms with Gasteiger partial charge in [-0.2, -0.15) is 0 Å². The predicted octanol–water partition coefficient (Wildman–Crippen LogP) is 4.14. The average Bonchev–Trinajstić information content (AvgIpc) is 3.33. The van der Waals surface area contributed by atoms with Gasteiger partial charge < -0.3 is 9.47 Å². The first kappa shape index (κ1) is 18.3. The van der Waals surface area contributed by atoms with Crippen molar-refractivity contribution < 1.29 is 14.4 Å². The molecular weight excluding hydrogens is 392 g/mol. The maximum Gasteiger partial charge on any atom is 0.269 e. The highest BCUT2D eigenvalue weighted by Gasteiger charge is 2.43. The summed E-state index contributed by atoms with van der Waals surface area (Å²) in [4.78, 5) is 10.5. The Bertz CT molecular complexity index is 1030. The molecule has 1 aliphatic carbocycles. The molecule has 2 aliphatic rings. The van der Waals surface area contributed by atoms with Gasteiger partial charge in [0, 0.05) is 29.3 Å². The van der Waals surface area contributed by atoms with Crippen LogP contribution in [0.15, 0.2) is 59.8 Å². The van der Waals surface area contributed by atoms with E-state index in [1.807, 2.05) is 30.3 Å². The normalized spacial score (nSPS) is 18.1. The van der Waals surface area contributed by atoms with E-state index in [-0.39, 0.29) is 5.69 Å². The molecule has 8 nitrogen and oxygen atoms in total. The summed E-state index contributed by atoms with van der Waals surface area (Å²) in [5.74, 6) is 0.700. The standard InChI is InChI=1S/C20H18N4O4S/c25-24(26)17-8-6-14(7-9-17)18-21-22-19(23(18)16-10-11-16)29-20(27-12-13-28-20)15-4-2-1-3-5-15/h1-9,16H,10-13H2. The Labute approximate surface area is 171 Å². The third-order valence-corrected chi connectivity index (χ3v) is 6.13. The minimum absolute atomic E-state index is 0.0524. The second kappa shape index (κ2) is 7.25. The molecule has 29 heavy (non-hydrogen) atoms. The van der Waals surface area contributed by atoms with Gasteiger partial charge in [-0.25, -0.2) is 0 Å². The van der Waals surface area contributed by atoms with Crippen LogP contribution in [0.3, 0.4) is 0 Å². The second-order valence-corrected chi connectivity index (χ2v) is 8.04. The molecule has 1 aromatic heterocycles. The van der Waals surface area contributed by atoms with Crippen LogP contribution in [0.5, 0.6) is 0 Å². The Morgan fingerprint density at radius 2 is 1.72 bits per heavy atom. The van der Waals surface area contributed by atoms with E-state index in [0.717, 1.165) is 24.0 Å². The largest absolute Gasteiger partial charge is 0.335 e. The highest BCUT2D eigenvalue weighted by Crippen LogP contribution is 2.49. The van der Waals surface area contributed by atoms with Crippen molar-refractivity contribution in [2.75, 3.05) is 13.2 Å². The molecule has 0 spiro atoms. The lowest BCUT2D eigenvalue weighted by molar-refractivity contribution is -0.384. The van der Waals surface area contributed by atoms with Crippen LogP contribution in [0.2, 0.25) is 0 Å². The van der Waals surface area contributed by atoms with Crippen molar-refractivity contribution in [3.05, 3.63) is 70.3 Å². The van der Waals surface area contributed by atoms with Crippen LogP contribution in [0, 0.1) is 10.1 Å². The molecule has 1 saturated heterocycles. The van der Waals surface area contributed by atoms with Crippen LogP contribution in [-0.4, -0.2) is 32.9 Å². The zero-order valence-corrected chi connectivity index (χ0v) is 16.2. The van der Waals surface area contributed by atoms with E-state index in [1.54, 1.807) is 12.1 Å². The van der Waals surface area contributed by atoms with Crippen molar-refractivity contribution in [1.29, 1.82) is 0 Å². The first-order valence-electron chi connectivity index (χ1n) is 9.38. The molecule has 9 heteroatoms. The van der Waals surface area contributed by atoms with E-state index < -0.39 is 10.0 Å². The van der Waals surface area contributed by atoms with Crippen LogP contribution >= 0.6 is 11.8 Å². The number of benzene rings is 2. The number of ether oxygens (including phenoxy) is 2. The lowest BCUT2D eigenvalue weighted by Crippen LogP contribution is -2.23. The first-order chi connectivity index (χ1) is 14.2. The molecule has 0 bridgehead atoms. The molecule has 0 radical (unpaired) electrons. The Kier molecular flexibility index (Phi) is 4.57. The van der Waals surface area contributed by atoms with Gasteiger partial charge in [0.05, 0.1) is 18.1 Å². The van der Waals surface area contributed by atoms with E-state index in [0.29, 0.717) is 30.2 Å². The average molecular weight is 410 g/mol. The van der Waals surface area contributed by atoms with Crippen molar-refractivity contribution in [2.45, 2.75) is 29.2 Å². The van der Waals surface area contributed by atoms with Gasteiger partial charge in [0.25, 0.3) is 10.8 Å². The Balaban J connectivity index is 1.52. The maximum atomic E-state index is 10.9. The number of rotatable bonds is 6. The summed E-state index contributed by atoms with van der Waals surface area (Å²) in [6.07, 6.45) is 2.09. The molecule has 1 aliphatic heterocycles. The van der Waals surface area contributed by atoms with Crippen LogP contribution in [0.1, 0.15) is 24.4 Å². The monoisotopic (exact) mass is 410 g/mol. The molecule has 3 aromatic rings. The molecule has 0 N–H and O–H groups in total. The SMILES string of the molecule is O=[N+]([O-])c1ccc(-c2nnc(SC3(c4ccccc4)OCCO3)n2C2CC2)cc1. The van der Waals surface area contributed by atoms with Gasteiger partial charge in [-0.15, -0.1) is 10.2 Å². The summed E-state index contributed by atoms with van der Waals surface area (Å²) >= 11 is 1.41. The Hall–Kier alpha value is -2.75. The number of hydrogen-bond donors (Lipinski definition) is 0. The van der Waals surface area contributed by atoms with Crippen LogP contribution in [0.4, 0.5) is 5.69 Å². The fourth-order valence-corrected chi connectivity index (χ4v) is 4.57. The summed E-state index contributed by atoms with van der Waals surface area (Å²) < 4.78 is 14.2. The fraction of sp³-hybridized carbons (Fsp3) is 0.300. The van der Waals surface area contributed by atoms with E-state index >= 15 is 0 Å². The van der Waals surface area contributed by atoms with Gasteiger partial charge in [0.1, 0.15) is 0 Å². The fourth-order valence-electron chi connectivity index (χ4n) is 3.38. The van der Waals surface area contributed by atoms with Crippen LogP contribution < -0.4 is 0 Å². The van der Waals surface area contributed by atoms with E-state index in [4.69, 9.17) is 9.47 Å². The molecule has 2 aromatic carbocycles. The molecule has 2 heterocycles. The molecule has 0 atom stereocenters. The smallest absolute Gasteiger partial charge is 0.269 e. The number of nitrogens with zero attached hydrogens (tertiary/aromatic N) is 4. The summed E-state index contributed by atoms with van der Waals surface area (Å²) in [6.45, 7) is 1.02. The van der Waals surface area contributed by atoms with Gasteiger partial charge in [0.15, 0.2) is 11.0 Å². The zero-order valence-electron chi connectivity index (χ0n) is 15.4. The van der Waals surface area contributed by atoms with Crippen molar-refractivity contribution in [3.63, 3.8) is 0 Å². The first-order valence-corrected chi connectivity index (χ1v) is 10.2. The highest BCUT2D eigenvalue weighted by molar-refractivity contribution is 7.99. The quantitative estimate of drug-likeness (QED) is 0.445. The van der Waals surface area contributed by atoms with E-state index in [2.05, 4.69) is 14.8 Å². The van der Waals surface area contributed by atoms with Gasteiger partial charge in [0.2, 0.25) is 0 Å². The molecule has 5 rings (SSSR count). The number of hydrogen-bond acceptors (Lipinski definition) is 7. The minimum atomic E-state index is -0.951. The van der Waals surface area contributed by atoms with Crippen molar-refractivity contribution in [1.82, 2.24) is 14.8 Å². The predicted molar refractivity (Wildman–Crippen MR) is 106 cm³/mol. The topological polar surface area (TPSA) is 92.3 Å².